The number of ether oxygens (including phenoxy) is 1. The third kappa shape index (κ3) is 2.77. The summed E-state index contributed by atoms with van der Waals surface area (Å²) >= 11 is 5.04. The number of nitrogens with one attached hydrogen (secondary N) is 1. The molecule has 108 valence electrons. The van der Waals surface area contributed by atoms with Crippen molar-refractivity contribution in [3.8, 4) is 5.75 Å². The van der Waals surface area contributed by atoms with E-state index >= 15 is 0 Å². The van der Waals surface area contributed by atoms with Crippen LogP contribution in [-0.4, -0.2) is 24.6 Å². The van der Waals surface area contributed by atoms with Crippen LogP contribution in [0.1, 0.15) is 24.8 Å². The van der Waals surface area contributed by atoms with Gasteiger partial charge in [0.1, 0.15) is 5.75 Å². The van der Waals surface area contributed by atoms with Crippen molar-refractivity contribution in [3.63, 3.8) is 0 Å². The molecular formula is C15H20N2O2S. The third-order valence-corrected chi connectivity index (χ3v) is 4.38. The van der Waals surface area contributed by atoms with Crippen LogP contribution >= 0.6 is 12.2 Å². The van der Waals surface area contributed by atoms with E-state index in [1.807, 2.05) is 24.3 Å². The number of methoxy groups -OCH3 is 1. The fourth-order valence-electron chi connectivity index (χ4n) is 2.51. The topological polar surface area (TPSA) is 64.3 Å². The van der Waals surface area contributed by atoms with Crippen molar-refractivity contribution >= 4 is 23.1 Å². The van der Waals surface area contributed by atoms with Gasteiger partial charge in [-0.2, -0.15) is 0 Å². The third-order valence-electron chi connectivity index (χ3n) is 3.99. The standard InChI is InChI=1S/C15H20N2O2S/c1-19-12-6-3-2-5-11(12)7-10-17-14(18)15(13(16)20)8-4-9-15/h2-3,5-6H,4,7-10H2,1H3,(H2,16,20)(H,17,18). The van der Waals surface area contributed by atoms with E-state index in [1.54, 1.807) is 7.11 Å². The molecule has 0 unspecified atom stereocenters. The molecule has 1 fully saturated rings. The SMILES string of the molecule is COc1ccccc1CCNC(=O)C1(C(N)=S)CCC1. The van der Waals surface area contributed by atoms with Gasteiger partial charge in [0.25, 0.3) is 0 Å². The van der Waals surface area contributed by atoms with Gasteiger partial charge in [0, 0.05) is 6.54 Å². The Labute approximate surface area is 124 Å². The molecule has 0 atom stereocenters. The highest BCUT2D eigenvalue weighted by Gasteiger charge is 2.46. The van der Waals surface area contributed by atoms with E-state index in [4.69, 9.17) is 22.7 Å². The Morgan fingerprint density at radius 1 is 1.45 bits per heavy atom. The van der Waals surface area contributed by atoms with Gasteiger partial charge in [-0.3, -0.25) is 4.79 Å². The Hall–Kier alpha value is -1.62. The lowest BCUT2D eigenvalue weighted by Gasteiger charge is -2.39. The maximum Gasteiger partial charge on any atom is 0.233 e. The molecule has 0 aliphatic heterocycles. The van der Waals surface area contributed by atoms with Crippen LogP contribution in [0.25, 0.3) is 0 Å². The number of thiocarbonyl (C=S) groups is 1. The predicted molar refractivity (Wildman–Crippen MR) is 82.8 cm³/mol. The van der Waals surface area contributed by atoms with Gasteiger partial charge in [-0.05, 0) is 30.9 Å². The van der Waals surface area contributed by atoms with E-state index in [0.717, 1.165) is 37.0 Å². The number of benzene rings is 1. The number of rotatable bonds is 6. The molecule has 1 saturated carbocycles. The molecule has 0 saturated heterocycles. The van der Waals surface area contributed by atoms with Gasteiger partial charge in [0.05, 0.1) is 17.5 Å². The van der Waals surface area contributed by atoms with Crippen molar-refractivity contribution in [1.29, 1.82) is 0 Å². The summed E-state index contributed by atoms with van der Waals surface area (Å²) in [6.07, 6.45) is 3.27. The molecule has 1 aromatic rings. The summed E-state index contributed by atoms with van der Waals surface area (Å²) in [5.74, 6) is 0.806. The normalized spacial score (nSPS) is 16.1. The molecular weight excluding hydrogens is 272 g/mol. The minimum Gasteiger partial charge on any atom is -0.496 e. The number of hydrogen-bond donors (Lipinski definition) is 2. The molecule has 3 N–H and O–H groups in total. The molecule has 4 nitrogen and oxygen atoms in total. The molecule has 0 aromatic heterocycles. The monoisotopic (exact) mass is 292 g/mol. The molecule has 20 heavy (non-hydrogen) atoms. The summed E-state index contributed by atoms with van der Waals surface area (Å²) in [5, 5.41) is 2.94. The summed E-state index contributed by atoms with van der Waals surface area (Å²) in [4.78, 5) is 12.5. The lowest BCUT2D eigenvalue weighted by molar-refractivity contribution is -0.130. The summed E-state index contributed by atoms with van der Waals surface area (Å²) in [5.41, 5.74) is 6.19. The number of carbonyl (C=O) groups is 1. The van der Waals surface area contributed by atoms with E-state index in [0.29, 0.717) is 11.5 Å². The highest BCUT2D eigenvalue weighted by atomic mass is 32.1. The quantitative estimate of drug-likeness (QED) is 0.785. The maximum atomic E-state index is 12.2. The molecule has 1 aliphatic rings. The van der Waals surface area contributed by atoms with Crippen LogP contribution in [0.15, 0.2) is 24.3 Å². The second kappa shape index (κ2) is 6.22. The number of hydrogen-bond acceptors (Lipinski definition) is 3. The highest BCUT2D eigenvalue weighted by Crippen LogP contribution is 2.41. The second-order valence-electron chi connectivity index (χ2n) is 5.12. The van der Waals surface area contributed by atoms with Crippen LogP contribution in [0, 0.1) is 5.41 Å². The van der Waals surface area contributed by atoms with Gasteiger partial charge >= 0.3 is 0 Å². The van der Waals surface area contributed by atoms with Crippen LogP contribution in [-0.2, 0) is 11.2 Å². The van der Waals surface area contributed by atoms with Crippen LogP contribution in [0.3, 0.4) is 0 Å². The van der Waals surface area contributed by atoms with Crippen LogP contribution in [0.2, 0.25) is 0 Å². The van der Waals surface area contributed by atoms with Gasteiger partial charge in [-0.25, -0.2) is 0 Å². The lowest BCUT2D eigenvalue weighted by Crippen LogP contribution is -2.53. The second-order valence-corrected chi connectivity index (χ2v) is 5.56. The van der Waals surface area contributed by atoms with Crippen molar-refractivity contribution in [2.45, 2.75) is 25.7 Å². The highest BCUT2D eigenvalue weighted by molar-refractivity contribution is 7.80. The van der Waals surface area contributed by atoms with Gasteiger partial charge in [0.15, 0.2) is 0 Å². The molecule has 1 amide bonds. The van der Waals surface area contributed by atoms with Crippen molar-refractivity contribution in [2.24, 2.45) is 11.1 Å². The Morgan fingerprint density at radius 2 is 2.15 bits per heavy atom. The summed E-state index contributed by atoms with van der Waals surface area (Å²) in [6, 6.07) is 7.80. The number of carbonyl (C=O) groups excluding carboxylic acids is 1. The molecule has 0 bridgehead atoms. The largest absolute Gasteiger partial charge is 0.496 e. The molecule has 0 radical (unpaired) electrons. The number of amides is 1. The van der Waals surface area contributed by atoms with Gasteiger partial charge in [-0.15, -0.1) is 0 Å². The minimum absolute atomic E-state index is 0.0360. The molecule has 1 aromatic carbocycles. The fourth-order valence-corrected chi connectivity index (χ4v) is 2.80. The zero-order valence-corrected chi connectivity index (χ0v) is 12.5. The summed E-state index contributed by atoms with van der Waals surface area (Å²) in [7, 11) is 1.65. The Bertz CT molecular complexity index is 512. The number of para-hydroxylation sites is 1. The van der Waals surface area contributed by atoms with Crippen molar-refractivity contribution in [3.05, 3.63) is 29.8 Å². The lowest BCUT2D eigenvalue weighted by atomic mass is 9.68. The van der Waals surface area contributed by atoms with Gasteiger partial charge in [0.2, 0.25) is 5.91 Å². The van der Waals surface area contributed by atoms with Gasteiger partial charge < -0.3 is 15.8 Å². The van der Waals surface area contributed by atoms with Crippen LogP contribution < -0.4 is 15.8 Å². The first-order valence-electron chi connectivity index (χ1n) is 6.80. The van der Waals surface area contributed by atoms with E-state index < -0.39 is 5.41 Å². The summed E-state index contributed by atoms with van der Waals surface area (Å²) < 4.78 is 5.29. The first-order chi connectivity index (χ1) is 9.60. The molecule has 5 heteroatoms. The molecule has 2 rings (SSSR count). The first-order valence-corrected chi connectivity index (χ1v) is 7.21. The fraction of sp³-hybridized carbons (Fsp3) is 0.467. The van der Waals surface area contributed by atoms with Crippen molar-refractivity contribution in [1.82, 2.24) is 5.32 Å². The Morgan fingerprint density at radius 3 is 2.70 bits per heavy atom. The van der Waals surface area contributed by atoms with Crippen LogP contribution in [0.4, 0.5) is 0 Å². The van der Waals surface area contributed by atoms with E-state index in [9.17, 15) is 4.79 Å². The van der Waals surface area contributed by atoms with Gasteiger partial charge in [-0.1, -0.05) is 36.8 Å². The van der Waals surface area contributed by atoms with E-state index in [-0.39, 0.29) is 5.91 Å². The average Bonchev–Trinajstić information content (AvgIpc) is 2.37. The maximum absolute atomic E-state index is 12.2. The van der Waals surface area contributed by atoms with Crippen LogP contribution in [0.5, 0.6) is 5.75 Å². The van der Waals surface area contributed by atoms with E-state index in [1.165, 1.54) is 0 Å². The van der Waals surface area contributed by atoms with Crippen molar-refractivity contribution < 1.29 is 9.53 Å². The summed E-state index contributed by atoms with van der Waals surface area (Å²) in [6.45, 7) is 0.559. The molecule has 0 heterocycles. The average molecular weight is 292 g/mol. The molecule has 0 spiro atoms. The van der Waals surface area contributed by atoms with E-state index in [2.05, 4.69) is 5.32 Å². The van der Waals surface area contributed by atoms with Crippen molar-refractivity contribution in [2.75, 3.05) is 13.7 Å². The smallest absolute Gasteiger partial charge is 0.233 e. The minimum atomic E-state index is -0.601. The predicted octanol–water partition coefficient (Wildman–Crippen LogP) is 1.81. The zero-order chi connectivity index (χ0) is 14.6. The Kier molecular flexibility index (Phi) is 4.60. The number of nitrogens with two attached hydrogens (primary N) is 1. The molecule has 1 aliphatic carbocycles. The zero-order valence-electron chi connectivity index (χ0n) is 11.6. The Balaban J connectivity index is 1.90. The first kappa shape index (κ1) is 14.8.